The molecule has 0 radical (unpaired) electrons. The predicted octanol–water partition coefficient (Wildman–Crippen LogP) is 6.43. The summed E-state index contributed by atoms with van der Waals surface area (Å²) in [6.07, 6.45) is 0. The van der Waals surface area contributed by atoms with E-state index in [0.717, 1.165) is 22.4 Å². The van der Waals surface area contributed by atoms with Crippen molar-refractivity contribution in [3.63, 3.8) is 0 Å². The zero-order chi connectivity index (χ0) is 18.5. The Morgan fingerprint density at radius 2 is 1.46 bits per heavy atom. The maximum atomic E-state index is 13.8. The van der Waals surface area contributed by atoms with Crippen molar-refractivity contribution in [1.29, 1.82) is 0 Å². The van der Waals surface area contributed by atoms with Crippen LogP contribution in [0.4, 0.5) is 4.39 Å². The fourth-order valence-corrected chi connectivity index (χ4v) is 2.87. The average molecular weight is 371 g/mol. The Hall–Kier alpha value is -2.52. The van der Waals surface area contributed by atoms with Crippen LogP contribution in [0, 0.1) is 12.7 Å². The number of halogens is 2. The minimum atomic E-state index is -0.435. The van der Waals surface area contributed by atoms with Gasteiger partial charge < -0.3 is 9.47 Å². The van der Waals surface area contributed by atoms with E-state index in [9.17, 15) is 4.39 Å². The number of aryl methyl sites for hydroxylation is 1. The highest BCUT2D eigenvalue weighted by atomic mass is 35.5. The first kappa shape index (κ1) is 18.3. The molecule has 0 N–H and O–H groups in total. The van der Waals surface area contributed by atoms with Gasteiger partial charge in [-0.3, -0.25) is 0 Å². The summed E-state index contributed by atoms with van der Waals surface area (Å²) in [4.78, 5) is 0. The van der Waals surface area contributed by atoms with Gasteiger partial charge in [0.1, 0.15) is 28.9 Å². The second kappa shape index (κ2) is 8.24. The first-order chi connectivity index (χ1) is 12.6. The molecule has 2 nitrogen and oxygen atoms in total. The summed E-state index contributed by atoms with van der Waals surface area (Å²) in [5.74, 6) is 0.781. The van der Waals surface area contributed by atoms with Gasteiger partial charge in [-0.15, -0.1) is 0 Å². The van der Waals surface area contributed by atoms with Gasteiger partial charge in [-0.25, -0.2) is 4.39 Å². The second-order valence-electron chi connectivity index (χ2n) is 5.95. The van der Waals surface area contributed by atoms with Gasteiger partial charge in [0.25, 0.3) is 0 Å². The van der Waals surface area contributed by atoms with Gasteiger partial charge in [-0.05, 0) is 54.3 Å². The molecule has 0 aliphatic heterocycles. The zero-order valence-electron chi connectivity index (χ0n) is 14.8. The minimum absolute atomic E-state index is 0.0241. The van der Waals surface area contributed by atoms with E-state index in [1.165, 1.54) is 0 Å². The standard InChI is InChI=1S/C22H20ClFO2/c1-3-25-19-11-9-18(10-12-19)17-7-5-16(6-8-17)14-26-20-13-4-15(2)22(24)21(20)23/h4-13H,3,14H2,1-2H3. The van der Waals surface area contributed by atoms with Crippen LogP contribution in [0.5, 0.6) is 11.5 Å². The first-order valence-corrected chi connectivity index (χ1v) is 8.86. The molecule has 26 heavy (non-hydrogen) atoms. The lowest BCUT2D eigenvalue weighted by atomic mass is 10.0. The molecule has 0 unspecified atom stereocenters. The molecule has 3 rings (SSSR count). The van der Waals surface area contributed by atoms with Crippen molar-refractivity contribution in [3.05, 3.63) is 82.6 Å². The highest BCUT2D eigenvalue weighted by Gasteiger charge is 2.10. The Labute approximate surface area is 158 Å². The normalized spacial score (nSPS) is 10.6. The van der Waals surface area contributed by atoms with Crippen LogP contribution < -0.4 is 9.47 Å². The Balaban J connectivity index is 1.67. The van der Waals surface area contributed by atoms with E-state index in [0.29, 0.717) is 24.5 Å². The van der Waals surface area contributed by atoms with Crippen molar-refractivity contribution < 1.29 is 13.9 Å². The maximum Gasteiger partial charge on any atom is 0.148 e. The minimum Gasteiger partial charge on any atom is -0.494 e. The molecule has 0 aliphatic rings. The smallest absolute Gasteiger partial charge is 0.148 e. The van der Waals surface area contributed by atoms with Crippen molar-refractivity contribution in [2.24, 2.45) is 0 Å². The van der Waals surface area contributed by atoms with E-state index in [4.69, 9.17) is 21.1 Å². The number of rotatable bonds is 6. The summed E-state index contributed by atoms with van der Waals surface area (Å²) < 4.78 is 24.9. The summed E-state index contributed by atoms with van der Waals surface area (Å²) in [5.41, 5.74) is 3.71. The fourth-order valence-electron chi connectivity index (χ4n) is 2.60. The Morgan fingerprint density at radius 1 is 0.846 bits per heavy atom. The molecule has 0 fully saturated rings. The number of hydrogen-bond acceptors (Lipinski definition) is 2. The van der Waals surface area contributed by atoms with Gasteiger partial charge in [0.2, 0.25) is 0 Å². The van der Waals surface area contributed by atoms with Gasteiger partial charge in [-0.1, -0.05) is 54.1 Å². The predicted molar refractivity (Wildman–Crippen MR) is 104 cm³/mol. The lowest BCUT2D eigenvalue weighted by molar-refractivity contribution is 0.304. The Bertz CT molecular complexity index is 874. The van der Waals surface area contributed by atoms with Crippen molar-refractivity contribution >= 4 is 11.6 Å². The Morgan fingerprint density at radius 3 is 2.08 bits per heavy atom. The van der Waals surface area contributed by atoms with Crippen LogP contribution in [0.1, 0.15) is 18.1 Å². The lowest BCUT2D eigenvalue weighted by Gasteiger charge is -2.10. The monoisotopic (exact) mass is 370 g/mol. The zero-order valence-corrected chi connectivity index (χ0v) is 15.5. The molecule has 0 amide bonds. The third-order valence-corrected chi connectivity index (χ3v) is 4.44. The van der Waals surface area contributed by atoms with Crippen LogP contribution in [0.2, 0.25) is 5.02 Å². The second-order valence-corrected chi connectivity index (χ2v) is 6.33. The molecule has 0 spiro atoms. The van der Waals surface area contributed by atoms with Crippen molar-refractivity contribution in [2.75, 3.05) is 6.61 Å². The highest BCUT2D eigenvalue weighted by Crippen LogP contribution is 2.30. The molecule has 0 bridgehead atoms. The van der Waals surface area contributed by atoms with E-state index in [2.05, 4.69) is 0 Å². The molecule has 3 aromatic carbocycles. The van der Waals surface area contributed by atoms with E-state index in [-0.39, 0.29) is 5.02 Å². The lowest BCUT2D eigenvalue weighted by Crippen LogP contribution is -1.97. The van der Waals surface area contributed by atoms with Gasteiger partial charge in [0.15, 0.2) is 0 Å². The molecule has 0 heterocycles. The summed E-state index contributed by atoms with van der Waals surface area (Å²) in [7, 11) is 0. The SMILES string of the molecule is CCOc1ccc(-c2ccc(COc3ccc(C)c(F)c3Cl)cc2)cc1. The third-order valence-electron chi connectivity index (χ3n) is 4.09. The fraction of sp³-hybridized carbons (Fsp3) is 0.182. The van der Waals surface area contributed by atoms with Gasteiger partial charge in [-0.2, -0.15) is 0 Å². The summed E-state index contributed by atoms with van der Waals surface area (Å²) >= 11 is 5.99. The summed E-state index contributed by atoms with van der Waals surface area (Å²) in [6.45, 7) is 4.62. The largest absolute Gasteiger partial charge is 0.494 e. The third kappa shape index (κ3) is 4.17. The molecule has 0 aromatic heterocycles. The molecular formula is C22H20ClFO2. The number of benzene rings is 3. The quantitative estimate of drug-likeness (QED) is 0.497. The molecule has 0 saturated carbocycles. The van der Waals surface area contributed by atoms with Gasteiger partial charge in [0.05, 0.1) is 6.61 Å². The number of ether oxygens (including phenoxy) is 2. The van der Waals surface area contributed by atoms with Crippen LogP contribution in [0.25, 0.3) is 11.1 Å². The van der Waals surface area contributed by atoms with Crippen LogP contribution in [0.3, 0.4) is 0 Å². The maximum absolute atomic E-state index is 13.8. The Kier molecular flexibility index (Phi) is 5.79. The molecule has 134 valence electrons. The van der Waals surface area contributed by atoms with E-state index >= 15 is 0 Å². The van der Waals surface area contributed by atoms with E-state index in [1.807, 2.05) is 55.5 Å². The van der Waals surface area contributed by atoms with Crippen LogP contribution in [-0.2, 0) is 6.61 Å². The molecule has 0 saturated heterocycles. The molecule has 4 heteroatoms. The van der Waals surface area contributed by atoms with Crippen molar-refractivity contribution in [1.82, 2.24) is 0 Å². The van der Waals surface area contributed by atoms with Crippen LogP contribution in [0.15, 0.2) is 60.7 Å². The average Bonchev–Trinajstić information content (AvgIpc) is 2.67. The van der Waals surface area contributed by atoms with Gasteiger partial charge >= 0.3 is 0 Å². The van der Waals surface area contributed by atoms with Gasteiger partial charge in [0, 0.05) is 0 Å². The van der Waals surface area contributed by atoms with E-state index in [1.54, 1.807) is 19.1 Å². The van der Waals surface area contributed by atoms with E-state index < -0.39 is 5.82 Å². The van der Waals surface area contributed by atoms with Crippen molar-refractivity contribution in [3.8, 4) is 22.6 Å². The molecule has 0 atom stereocenters. The summed E-state index contributed by atoms with van der Waals surface area (Å²) in [5, 5.41) is 0.0241. The van der Waals surface area contributed by atoms with Crippen LogP contribution >= 0.6 is 11.6 Å². The number of hydrogen-bond donors (Lipinski definition) is 0. The molecule has 0 aliphatic carbocycles. The topological polar surface area (TPSA) is 18.5 Å². The van der Waals surface area contributed by atoms with Crippen molar-refractivity contribution in [2.45, 2.75) is 20.5 Å². The summed E-state index contributed by atoms with van der Waals surface area (Å²) in [6, 6.07) is 19.4. The molecular weight excluding hydrogens is 351 g/mol. The molecule has 3 aromatic rings. The highest BCUT2D eigenvalue weighted by molar-refractivity contribution is 6.32. The van der Waals surface area contributed by atoms with Crippen LogP contribution in [-0.4, -0.2) is 6.61 Å². The first-order valence-electron chi connectivity index (χ1n) is 8.48.